The summed E-state index contributed by atoms with van der Waals surface area (Å²) in [5.74, 6) is -0.0582. The standard InChI is InChI=1S/C13H12Cl2N2O2/c1-19-12-10(15)5-4-9(14)11(12)13(18)17-7-8-3-2-6-16-8/h2-6,16H,7H2,1H3,(H,17,18). The lowest BCUT2D eigenvalue weighted by Crippen LogP contribution is -2.24. The van der Waals surface area contributed by atoms with Gasteiger partial charge in [-0.3, -0.25) is 4.79 Å². The summed E-state index contributed by atoms with van der Waals surface area (Å²) < 4.78 is 5.13. The molecule has 0 saturated heterocycles. The number of hydrogen-bond acceptors (Lipinski definition) is 2. The van der Waals surface area contributed by atoms with Gasteiger partial charge in [0.15, 0.2) is 5.75 Å². The number of nitrogens with one attached hydrogen (secondary N) is 2. The molecule has 1 heterocycles. The van der Waals surface area contributed by atoms with Crippen molar-refractivity contribution in [2.75, 3.05) is 7.11 Å². The number of halogens is 2. The van der Waals surface area contributed by atoms with Gasteiger partial charge in [0, 0.05) is 11.9 Å². The number of amides is 1. The number of rotatable bonds is 4. The average Bonchev–Trinajstić information content (AvgIpc) is 2.91. The Kier molecular flexibility index (Phi) is 4.35. The minimum atomic E-state index is -0.334. The smallest absolute Gasteiger partial charge is 0.256 e. The second-order valence-corrected chi connectivity index (χ2v) is 4.63. The van der Waals surface area contributed by atoms with Crippen molar-refractivity contribution in [2.24, 2.45) is 0 Å². The van der Waals surface area contributed by atoms with Gasteiger partial charge in [-0.05, 0) is 24.3 Å². The topological polar surface area (TPSA) is 54.1 Å². The van der Waals surface area contributed by atoms with Crippen LogP contribution in [-0.4, -0.2) is 18.0 Å². The van der Waals surface area contributed by atoms with Crippen molar-refractivity contribution in [2.45, 2.75) is 6.54 Å². The molecule has 0 aliphatic heterocycles. The highest BCUT2D eigenvalue weighted by Crippen LogP contribution is 2.33. The molecule has 0 aliphatic rings. The molecule has 4 nitrogen and oxygen atoms in total. The SMILES string of the molecule is COc1c(Cl)ccc(Cl)c1C(=O)NCc1ccc[nH]1. The van der Waals surface area contributed by atoms with E-state index >= 15 is 0 Å². The monoisotopic (exact) mass is 298 g/mol. The Bertz CT molecular complexity index is 583. The van der Waals surface area contributed by atoms with Gasteiger partial charge in [0.05, 0.1) is 23.7 Å². The van der Waals surface area contributed by atoms with E-state index in [0.29, 0.717) is 16.6 Å². The number of H-pyrrole nitrogens is 1. The van der Waals surface area contributed by atoms with Crippen LogP contribution in [0.5, 0.6) is 5.75 Å². The molecule has 19 heavy (non-hydrogen) atoms. The van der Waals surface area contributed by atoms with E-state index in [1.165, 1.54) is 7.11 Å². The summed E-state index contributed by atoms with van der Waals surface area (Å²) in [4.78, 5) is 15.1. The number of hydrogen-bond donors (Lipinski definition) is 2. The molecule has 2 aromatic rings. The van der Waals surface area contributed by atoms with Gasteiger partial charge >= 0.3 is 0 Å². The van der Waals surface area contributed by atoms with Crippen LogP contribution < -0.4 is 10.1 Å². The van der Waals surface area contributed by atoms with E-state index in [1.54, 1.807) is 18.3 Å². The second-order valence-electron chi connectivity index (χ2n) is 3.82. The van der Waals surface area contributed by atoms with Crippen molar-refractivity contribution in [1.82, 2.24) is 10.3 Å². The molecule has 1 amide bonds. The summed E-state index contributed by atoms with van der Waals surface area (Å²) in [6.07, 6.45) is 1.79. The molecule has 0 atom stereocenters. The average molecular weight is 299 g/mol. The quantitative estimate of drug-likeness (QED) is 0.910. The Hall–Kier alpha value is -1.65. The summed E-state index contributed by atoms with van der Waals surface area (Å²) in [7, 11) is 1.44. The van der Waals surface area contributed by atoms with E-state index in [2.05, 4.69) is 10.3 Å². The maximum atomic E-state index is 12.1. The van der Waals surface area contributed by atoms with Crippen molar-refractivity contribution >= 4 is 29.1 Å². The Morgan fingerprint density at radius 1 is 1.32 bits per heavy atom. The summed E-state index contributed by atoms with van der Waals surface area (Å²) in [6.45, 7) is 0.373. The maximum absolute atomic E-state index is 12.1. The van der Waals surface area contributed by atoms with Crippen LogP contribution in [0.3, 0.4) is 0 Å². The number of carbonyl (C=O) groups is 1. The van der Waals surface area contributed by atoms with Gasteiger partial charge in [0.1, 0.15) is 5.56 Å². The summed E-state index contributed by atoms with van der Waals surface area (Å²) in [6, 6.07) is 6.88. The largest absolute Gasteiger partial charge is 0.494 e. The number of carbonyl (C=O) groups excluding carboxylic acids is 1. The summed E-state index contributed by atoms with van der Waals surface area (Å²) in [5.41, 5.74) is 1.13. The van der Waals surface area contributed by atoms with Crippen molar-refractivity contribution in [1.29, 1.82) is 0 Å². The fourth-order valence-electron chi connectivity index (χ4n) is 1.69. The summed E-state index contributed by atoms with van der Waals surface area (Å²) >= 11 is 12.0. The Morgan fingerprint density at radius 2 is 2.05 bits per heavy atom. The molecule has 6 heteroatoms. The van der Waals surface area contributed by atoms with Crippen LogP contribution in [0.15, 0.2) is 30.5 Å². The molecule has 100 valence electrons. The number of aromatic amines is 1. The number of ether oxygens (including phenoxy) is 1. The van der Waals surface area contributed by atoms with Crippen molar-refractivity contribution in [3.8, 4) is 5.75 Å². The van der Waals surface area contributed by atoms with Gasteiger partial charge in [-0.1, -0.05) is 23.2 Å². The minimum Gasteiger partial charge on any atom is -0.494 e. The Balaban J connectivity index is 2.21. The molecule has 0 bridgehead atoms. The molecular weight excluding hydrogens is 287 g/mol. The third-order valence-corrected chi connectivity index (χ3v) is 3.20. The lowest BCUT2D eigenvalue weighted by Gasteiger charge is -2.12. The summed E-state index contributed by atoms with van der Waals surface area (Å²) in [5, 5.41) is 3.39. The highest BCUT2D eigenvalue weighted by molar-refractivity contribution is 6.37. The predicted molar refractivity (Wildman–Crippen MR) is 75.0 cm³/mol. The number of methoxy groups -OCH3 is 1. The molecule has 1 aromatic carbocycles. The highest BCUT2D eigenvalue weighted by atomic mass is 35.5. The molecule has 0 spiro atoms. The second kappa shape index (κ2) is 5.99. The van der Waals surface area contributed by atoms with Crippen LogP contribution in [0.25, 0.3) is 0 Å². The molecule has 0 radical (unpaired) electrons. The first-order chi connectivity index (χ1) is 9.13. The zero-order chi connectivity index (χ0) is 13.8. The van der Waals surface area contributed by atoms with Gasteiger partial charge in [-0.2, -0.15) is 0 Å². The molecular formula is C13H12Cl2N2O2. The molecule has 0 saturated carbocycles. The molecule has 1 aromatic heterocycles. The normalized spacial score (nSPS) is 10.3. The Labute approximate surface area is 120 Å². The number of benzene rings is 1. The first kappa shape index (κ1) is 13.8. The van der Waals surface area contributed by atoms with Gasteiger partial charge in [-0.25, -0.2) is 0 Å². The van der Waals surface area contributed by atoms with Gasteiger partial charge in [-0.15, -0.1) is 0 Å². The molecule has 2 rings (SSSR count). The lowest BCUT2D eigenvalue weighted by atomic mass is 10.2. The van der Waals surface area contributed by atoms with Gasteiger partial charge < -0.3 is 15.0 Å². The maximum Gasteiger partial charge on any atom is 0.256 e. The first-order valence-corrected chi connectivity index (χ1v) is 6.31. The zero-order valence-electron chi connectivity index (χ0n) is 10.2. The van der Waals surface area contributed by atoms with Crippen LogP contribution in [0.4, 0.5) is 0 Å². The lowest BCUT2D eigenvalue weighted by molar-refractivity contribution is 0.0947. The van der Waals surface area contributed by atoms with Crippen LogP contribution in [0.1, 0.15) is 16.1 Å². The fraction of sp³-hybridized carbons (Fsp3) is 0.154. The van der Waals surface area contributed by atoms with Crippen molar-refractivity contribution < 1.29 is 9.53 Å². The molecule has 0 fully saturated rings. The van der Waals surface area contributed by atoms with E-state index < -0.39 is 0 Å². The molecule has 0 aliphatic carbocycles. The predicted octanol–water partition coefficient (Wildman–Crippen LogP) is 3.26. The van der Waals surface area contributed by atoms with Crippen LogP contribution in [0, 0.1) is 0 Å². The third-order valence-electron chi connectivity index (χ3n) is 2.59. The molecule has 0 unspecified atom stereocenters. The van der Waals surface area contributed by atoms with E-state index in [-0.39, 0.29) is 17.2 Å². The fourth-order valence-corrected chi connectivity index (χ4v) is 2.16. The van der Waals surface area contributed by atoms with Gasteiger partial charge in [0.25, 0.3) is 5.91 Å². The minimum absolute atomic E-state index is 0.239. The highest BCUT2D eigenvalue weighted by Gasteiger charge is 2.19. The van der Waals surface area contributed by atoms with E-state index in [0.717, 1.165) is 5.69 Å². The van der Waals surface area contributed by atoms with Crippen molar-refractivity contribution in [3.05, 3.63) is 51.8 Å². The third kappa shape index (κ3) is 3.03. The molecule has 2 N–H and O–H groups in total. The van der Waals surface area contributed by atoms with Crippen LogP contribution in [-0.2, 0) is 6.54 Å². The first-order valence-electron chi connectivity index (χ1n) is 5.56. The zero-order valence-corrected chi connectivity index (χ0v) is 11.7. The van der Waals surface area contributed by atoms with Crippen LogP contribution in [0.2, 0.25) is 10.0 Å². The van der Waals surface area contributed by atoms with E-state index in [9.17, 15) is 4.79 Å². The van der Waals surface area contributed by atoms with E-state index in [4.69, 9.17) is 27.9 Å². The van der Waals surface area contributed by atoms with Gasteiger partial charge in [0.2, 0.25) is 0 Å². The van der Waals surface area contributed by atoms with Crippen LogP contribution >= 0.6 is 23.2 Å². The van der Waals surface area contributed by atoms with Crippen molar-refractivity contribution in [3.63, 3.8) is 0 Å². The van der Waals surface area contributed by atoms with E-state index in [1.807, 2.05) is 12.1 Å². The number of aromatic nitrogens is 1. The Morgan fingerprint density at radius 3 is 2.68 bits per heavy atom.